The van der Waals surface area contributed by atoms with Crippen LogP contribution in [0.15, 0.2) is 24.4 Å². The van der Waals surface area contributed by atoms with E-state index in [9.17, 15) is 9.59 Å². The SMILES string of the molecule is COC1(C(=O)NCCC(=O)N2CCN(c3ccccn3)CC2)CCNCC1.Cl.Cl. The Labute approximate surface area is 184 Å². The average Bonchev–Trinajstić information content (AvgIpc) is 2.74. The summed E-state index contributed by atoms with van der Waals surface area (Å²) in [5.74, 6) is 0.913. The predicted molar refractivity (Wildman–Crippen MR) is 117 cm³/mol. The van der Waals surface area contributed by atoms with Crippen LogP contribution in [0.1, 0.15) is 19.3 Å². The van der Waals surface area contributed by atoms with Crippen molar-refractivity contribution in [2.24, 2.45) is 0 Å². The van der Waals surface area contributed by atoms with Crippen LogP contribution in [-0.4, -0.2) is 80.2 Å². The molecule has 2 aliphatic heterocycles. The molecule has 0 saturated carbocycles. The Morgan fingerprint density at radius 3 is 2.45 bits per heavy atom. The summed E-state index contributed by atoms with van der Waals surface area (Å²) in [5, 5.41) is 6.12. The lowest BCUT2D eigenvalue weighted by Crippen LogP contribution is -2.54. The van der Waals surface area contributed by atoms with Gasteiger partial charge in [0.2, 0.25) is 5.91 Å². The number of ether oxygens (including phenoxy) is 1. The minimum absolute atomic E-state index is 0. The first kappa shape index (κ1) is 25.4. The first-order chi connectivity index (χ1) is 13.1. The van der Waals surface area contributed by atoms with Gasteiger partial charge >= 0.3 is 0 Å². The van der Waals surface area contributed by atoms with Crippen molar-refractivity contribution < 1.29 is 14.3 Å². The number of halogens is 2. The number of anilines is 1. The normalized spacial score (nSPS) is 18.2. The zero-order valence-electron chi connectivity index (χ0n) is 16.8. The zero-order chi connectivity index (χ0) is 19.1. The number of hydrogen-bond acceptors (Lipinski definition) is 6. The lowest BCUT2D eigenvalue weighted by Gasteiger charge is -2.36. The molecule has 0 bridgehead atoms. The topological polar surface area (TPSA) is 86.8 Å². The molecule has 0 atom stereocenters. The van der Waals surface area contributed by atoms with E-state index in [4.69, 9.17) is 4.74 Å². The average molecular weight is 448 g/mol. The molecule has 0 unspecified atom stereocenters. The number of aromatic nitrogens is 1. The van der Waals surface area contributed by atoms with Crippen LogP contribution in [0.25, 0.3) is 0 Å². The fourth-order valence-electron chi connectivity index (χ4n) is 3.68. The van der Waals surface area contributed by atoms with Gasteiger partial charge in [0.05, 0.1) is 0 Å². The molecule has 29 heavy (non-hydrogen) atoms. The smallest absolute Gasteiger partial charge is 0.252 e. The molecule has 3 heterocycles. The maximum absolute atomic E-state index is 12.5. The van der Waals surface area contributed by atoms with E-state index in [1.54, 1.807) is 13.3 Å². The van der Waals surface area contributed by atoms with Crippen molar-refractivity contribution in [3.63, 3.8) is 0 Å². The van der Waals surface area contributed by atoms with E-state index in [2.05, 4.69) is 20.5 Å². The summed E-state index contributed by atoms with van der Waals surface area (Å²) in [7, 11) is 1.58. The van der Waals surface area contributed by atoms with Crippen LogP contribution in [0, 0.1) is 0 Å². The van der Waals surface area contributed by atoms with Crippen LogP contribution in [0.5, 0.6) is 0 Å². The van der Waals surface area contributed by atoms with Gasteiger partial charge in [-0.1, -0.05) is 6.07 Å². The van der Waals surface area contributed by atoms with Gasteiger partial charge in [-0.25, -0.2) is 4.98 Å². The molecule has 8 nitrogen and oxygen atoms in total. The van der Waals surface area contributed by atoms with E-state index in [1.807, 2.05) is 23.1 Å². The molecule has 2 aliphatic rings. The van der Waals surface area contributed by atoms with Crippen molar-refractivity contribution in [2.45, 2.75) is 24.9 Å². The molecule has 2 N–H and O–H groups in total. The second kappa shape index (κ2) is 12.2. The number of amides is 2. The molecule has 3 rings (SSSR count). The van der Waals surface area contributed by atoms with Crippen LogP contribution >= 0.6 is 24.8 Å². The van der Waals surface area contributed by atoms with Gasteiger partial charge in [-0.3, -0.25) is 9.59 Å². The van der Waals surface area contributed by atoms with Gasteiger partial charge in [0.15, 0.2) is 0 Å². The summed E-state index contributed by atoms with van der Waals surface area (Å²) in [6.07, 6.45) is 3.40. The summed E-state index contributed by atoms with van der Waals surface area (Å²) >= 11 is 0. The summed E-state index contributed by atoms with van der Waals surface area (Å²) in [4.78, 5) is 33.4. The number of pyridine rings is 1. The number of rotatable bonds is 6. The van der Waals surface area contributed by atoms with Crippen molar-refractivity contribution in [1.82, 2.24) is 20.5 Å². The number of hydrogen-bond donors (Lipinski definition) is 2. The lowest BCUT2D eigenvalue weighted by atomic mass is 9.91. The molecule has 1 aromatic heterocycles. The maximum Gasteiger partial charge on any atom is 0.252 e. The van der Waals surface area contributed by atoms with Crippen molar-refractivity contribution in [3.8, 4) is 0 Å². The molecule has 10 heteroatoms. The van der Waals surface area contributed by atoms with Gasteiger partial charge in [0.25, 0.3) is 5.91 Å². The molecule has 2 amide bonds. The number of piperazine rings is 1. The van der Waals surface area contributed by atoms with Gasteiger partial charge in [-0.05, 0) is 38.1 Å². The maximum atomic E-state index is 12.5. The quantitative estimate of drug-likeness (QED) is 0.671. The highest BCUT2D eigenvalue weighted by atomic mass is 35.5. The fraction of sp³-hybridized carbons (Fsp3) is 0.632. The molecule has 0 aliphatic carbocycles. The number of nitrogens with zero attached hydrogens (tertiary/aromatic N) is 3. The van der Waals surface area contributed by atoms with Crippen molar-refractivity contribution in [1.29, 1.82) is 0 Å². The number of carbonyl (C=O) groups is 2. The Morgan fingerprint density at radius 2 is 1.86 bits per heavy atom. The summed E-state index contributed by atoms with van der Waals surface area (Å²) in [6, 6.07) is 5.85. The molecule has 0 aromatic carbocycles. The van der Waals surface area contributed by atoms with Crippen LogP contribution in [-0.2, 0) is 14.3 Å². The van der Waals surface area contributed by atoms with Crippen molar-refractivity contribution >= 4 is 42.4 Å². The van der Waals surface area contributed by atoms with E-state index >= 15 is 0 Å². The van der Waals surface area contributed by atoms with Crippen molar-refractivity contribution in [3.05, 3.63) is 24.4 Å². The molecule has 2 saturated heterocycles. The van der Waals surface area contributed by atoms with Crippen LogP contribution in [0.4, 0.5) is 5.82 Å². The predicted octanol–water partition coefficient (Wildman–Crippen LogP) is 0.849. The molecule has 0 radical (unpaired) electrons. The Hall–Kier alpha value is -1.61. The second-order valence-electron chi connectivity index (χ2n) is 7.01. The van der Waals surface area contributed by atoms with Gasteiger partial charge in [0.1, 0.15) is 11.4 Å². The third-order valence-electron chi connectivity index (χ3n) is 5.45. The minimum Gasteiger partial charge on any atom is -0.368 e. The minimum atomic E-state index is -0.761. The van der Waals surface area contributed by atoms with Gasteiger partial charge in [0, 0.05) is 52.5 Å². The van der Waals surface area contributed by atoms with Crippen LogP contribution in [0.2, 0.25) is 0 Å². The molecule has 164 valence electrons. The third kappa shape index (κ3) is 6.44. The highest BCUT2D eigenvalue weighted by molar-refractivity contribution is 5.86. The summed E-state index contributed by atoms with van der Waals surface area (Å²) in [6.45, 7) is 4.77. The van der Waals surface area contributed by atoms with E-state index in [-0.39, 0.29) is 36.6 Å². The zero-order valence-corrected chi connectivity index (χ0v) is 18.4. The van der Waals surface area contributed by atoms with Gasteiger partial charge in [-0.2, -0.15) is 0 Å². The molecular formula is C19H31Cl2N5O3. The number of methoxy groups -OCH3 is 1. The molecule has 1 aromatic rings. The fourth-order valence-corrected chi connectivity index (χ4v) is 3.68. The van der Waals surface area contributed by atoms with E-state index in [1.165, 1.54) is 0 Å². The van der Waals surface area contributed by atoms with Crippen molar-refractivity contribution in [2.75, 3.05) is 57.8 Å². The van der Waals surface area contributed by atoms with E-state index in [0.717, 1.165) is 32.0 Å². The third-order valence-corrected chi connectivity index (χ3v) is 5.45. The largest absolute Gasteiger partial charge is 0.368 e. The van der Waals surface area contributed by atoms with E-state index < -0.39 is 5.60 Å². The monoisotopic (exact) mass is 447 g/mol. The highest BCUT2D eigenvalue weighted by Crippen LogP contribution is 2.22. The van der Waals surface area contributed by atoms with E-state index in [0.29, 0.717) is 38.9 Å². The van der Waals surface area contributed by atoms with Crippen LogP contribution in [0.3, 0.4) is 0 Å². The molecular weight excluding hydrogens is 417 g/mol. The standard InChI is InChI=1S/C19H29N5O3.2ClH/c1-27-19(6-10-20-11-7-19)18(26)22-9-5-17(25)24-14-12-23(13-15-24)16-4-2-3-8-21-16;;/h2-4,8,20H,5-7,9-15H2,1H3,(H,22,26);2*1H. The summed E-state index contributed by atoms with van der Waals surface area (Å²) in [5.41, 5.74) is -0.761. The molecule has 2 fully saturated rings. The number of nitrogens with one attached hydrogen (secondary N) is 2. The Morgan fingerprint density at radius 1 is 1.17 bits per heavy atom. The first-order valence-electron chi connectivity index (χ1n) is 9.62. The van der Waals surface area contributed by atoms with Gasteiger partial charge < -0.3 is 25.2 Å². The number of carbonyl (C=O) groups excluding carboxylic acids is 2. The summed E-state index contributed by atoms with van der Waals surface area (Å²) < 4.78 is 5.51. The Balaban J connectivity index is 0.00000210. The highest BCUT2D eigenvalue weighted by Gasteiger charge is 2.39. The number of piperidine rings is 1. The lowest BCUT2D eigenvalue weighted by molar-refractivity contribution is -0.146. The molecule has 0 spiro atoms. The Bertz CT molecular complexity index is 636. The van der Waals surface area contributed by atoms with Gasteiger partial charge in [-0.15, -0.1) is 24.8 Å². The Kier molecular flexibility index (Phi) is 10.7. The second-order valence-corrected chi connectivity index (χ2v) is 7.01. The van der Waals surface area contributed by atoms with Crippen LogP contribution < -0.4 is 15.5 Å². The first-order valence-corrected chi connectivity index (χ1v) is 9.62.